The monoisotopic (exact) mass is 265 g/mol. The molecule has 0 aliphatic rings. The number of nitriles is 1. The Labute approximate surface area is 120 Å². The van der Waals surface area contributed by atoms with E-state index < -0.39 is 0 Å². The number of aromatic nitrogens is 1. The normalized spacial score (nSPS) is 10.9. The number of nitrogens with zero attached hydrogens (tertiary/aromatic N) is 2. The fourth-order valence-corrected chi connectivity index (χ4v) is 2.18. The van der Waals surface area contributed by atoms with Crippen LogP contribution in [0.2, 0.25) is 0 Å². The van der Waals surface area contributed by atoms with Crippen LogP contribution in [-0.4, -0.2) is 4.98 Å². The summed E-state index contributed by atoms with van der Waals surface area (Å²) >= 11 is 0. The second-order valence-electron chi connectivity index (χ2n) is 5.91. The quantitative estimate of drug-likeness (QED) is 0.880. The van der Waals surface area contributed by atoms with Crippen molar-refractivity contribution in [1.82, 2.24) is 4.98 Å². The van der Waals surface area contributed by atoms with E-state index in [1.807, 2.05) is 25.1 Å². The molecule has 0 spiro atoms. The van der Waals surface area contributed by atoms with E-state index in [1.165, 1.54) is 5.56 Å². The Kier molecular flexibility index (Phi) is 3.76. The van der Waals surface area contributed by atoms with Gasteiger partial charge in [-0.3, -0.25) is 0 Å². The molecule has 0 aliphatic carbocycles. The highest BCUT2D eigenvalue weighted by molar-refractivity contribution is 5.63. The maximum Gasteiger partial charge on any atom is 0.131 e. The molecule has 3 nitrogen and oxygen atoms in total. The fourth-order valence-electron chi connectivity index (χ4n) is 2.18. The highest BCUT2D eigenvalue weighted by Crippen LogP contribution is 2.31. The number of benzene rings is 1. The number of hydrogen-bond donors (Lipinski definition) is 1. The van der Waals surface area contributed by atoms with Gasteiger partial charge in [-0.2, -0.15) is 5.26 Å². The predicted octanol–water partition coefficient (Wildman–Crippen LogP) is 4.30. The van der Waals surface area contributed by atoms with E-state index in [4.69, 9.17) is 5.26 Å². The van der Waals surface area contributed by atoms with Crippen molar-refractivity contribution in [3.05, 3.63) is 53.2 Å². The topological polar surface area (TPSA) is 48.7 Å². The molecule has 3 heteroatoms. The zero-order chi connectivity index (χ0) is 14.8. The van der Waals surface area contributed by atoms with Gasteiger partial charge in [-0.05, 0) is 36.1 Å². The largest absolute Gasteiger partial charge is 0.340 e. The zero-order valence-corrected chi connectivity index (χ0v) is 12.4. The van der Waals surface area contributed by atoms with Crippen LogP contribution in [0.5, 0.6) is 0 Å². The van der Waals surface area contributed by atoms with Crippen LogP contribution in [0.15, 0.2) is 36.4 Å². The van der Waals surface area contributed by atoms with Crippen molar-refractivity contribution in [3.63, 3.8) is 0 Å². The molecule has 0 amide bonds. The average molecular weight is 265 g/mol. The van der Waals surface area contributed by atoms with Crippen molar-refractivity contribution in [2.24, 2.45) is 0 Å². The number of nitrogens with one attached hydrogen (secondary N) is 1. The maximum atomic E-state index is 9.03. The van der Waals surface area contributed by atoms with Gasteiger partial charge in [0.15, 0.2) is 0 Å². The van der Waals surface area contributed by atoms with Crippen LogP contribution in [0.3, 0.4) is 0 Å². The summed E-state index contributed by atoms with van der Waals surface area (Å²) in [7, 11) is 0. The Morgan fingerprint density at radius 2 is 1.85 bits per heavy atom. The lowest BCUT2D eigenvalue weighted by Gasteiger charge is -2.23. The molecule has 0 saturated heterocycles. The molecule has 1 heterocycles. The molecule has 0 saturated carbocycles. The average Bonchev–Trinajstić information content (AvgIpc) is 2.37. The summed E-state index contributed by atoms with van der Waals surface area (Å²) in [6.07, 6.45) is 0. The standard InChI is InChI=1S/C17H19N3/c1-12-9-13(11-18)10-16(19-12)20-15-8-6-5-7-14(15)17(2,3)4/h5-10H,1-4H3,(H,19,20). The van der Waals surface area contributed by atoms with E-state index in [2.05, 4.69) is 43.2 Å². The van der Waals surface area contributed by atoms with E-state index in [9.17, 15) is 0 Å². The smallest absolute Gasteiger partial charge is 0.131 e. The van der Waals surface area contributed by atoms with Gasteiger partial charge in [0.25, 0.3) is 0 Å². The molecular weight excluding hydrogens is 246 g/mol. The lowest BCUT2D eigenvalue weighted by Crippen LogP contribution is -2.13. The Hall–Kier alpha value is -2.34. The molecule has 0 aliphatic heterocycles. The molecule has 1 aromatic heterocycles. The van der Waals surface area contributed by atoms with E-state index in [-0.39, 0.29) is 5.41 Å². The first-order valence-corrected chi connectivity index (χ1v) is 6.65. The van der Waals surface area contributed by atoms with E-state index >= 15 is 0 Å². The van der Waals surface area contributed by atoms with Gasteiger partial charge in [-0.25, -0.2) is 4.98 Å². The number of para-hydroxylation sites is 1. The summed E-state index contributed by atoms with van der Waals surface area (Å²) in [5, 5.41) is 12.4. The van der Waals surface area contributed by atoms with Crippen molar-refractivity contribution in [1.29, 1.82) is 5.26 Å². The Morgan fingerprint density at radius 1 is 1.15 bits per heavy atom. The second-order valence-corrected chi connectivity index (χ2v) is 5.91. The van der Waals surface area contributed by atoms with Crippen LogP contribution in [-0.2, 0) is 5.41 Å². The SMILES string of the molecule is Cc1cc(C#N)cc(Nc2ccccc2C(C)(C)C)n1. The molecule has 0 unspecified atom stereocenters. The molecule has 2 aromatic rings. The molecule has 0 fully saturated rings. The van der Waals surface area contributed by atoms with Crippen molar-refractivity contribution in [2.45, 2.75) is 33.1 Å². The lowest BCUT2D eigenvalue weighted by atomic mass is 9.86. The summed E-state index contributed by atoms with van der Waals surface area (Å²) in [5.74, 6) is 0.707. The first-order chi connectivity index (χ1) is 9.40. The van der Waals surface area contributed by atoms with Gasteiger partial charge < -0.3 is 5.32 Å². The summed E-state index contributed by atoms with van der Waals surface area (Å²) in [6.45, 7) is 8.43. The Bertz CT molecular complexity index is 661. The fraction of sp³-hybridized carbons (Fsp3) is 0.294. The number of anilines is 2. The minimum atomic E-state index is 0.0471. The number of pyridine rings is 1. The molecule has 1 N–H and O–H groups in total. The summed E-state index contributed by atoms with van der Waals surface area (Å²) in [5.41, 5.74) is 3.75. The molecule has 0 radical (unpaired) electrons. The highest BCUT2D eigenvalue weighted by atomic mass is 15.0. The predicted molar refractivity (Wildman–Crippen MR) is 82.1 cm³/mol. The lowest BCUT2D eigenvalue weighted by molar-refractivity contribution is 0.592. The third kappa shape index (κ3) is 3.16. The minimum Gasteiger partial charge on any atom is -0.340 e. The van der Waals surface area contributed by atoms with E-state index in [1.54, 1.807) is 12.1 Å². The first-order valence-electron chi connectivity index (χ1n) is 6.65. The van der Waals surface area contributed by atoms with Gasteiger partial charge in [0.05, 0.1) is 11.6 Å². The van der Waals surface area contributed by atoms with Crippen LogP contribution in [0, 0.1) is 18.3 Å². The van der Waals surface area contributed by atoms with Crippen molar-refractivity contribution in [2.75, 3.05) is 5.32 Å². The molecule has 102 valence electrons. The molecule has 20 heavy (non-hydrogen) atoms. The highest BCUT2D eigenvalue weighted by Gasteiger charge is 2.17. The minimum absolute atomic E-state index is 0.0471. The molecule has 0 bridgehead atoms. The second kappa shape index (κ2) is 5.34. The van der Waals surface area contributed by atoms with Crippen molar-refractivity contribution < 1.29 is 0 Å². The first kappa shape index (κ1) is 14.1. The third-order valence-electron chi connectivity index (χ3n) is 3.08. The number of hydrogen-bond acceptors (Lipinski definition) is 3. The Balaban J connectivity index is 2.41. The van der Waals surface area contributed by atoms with E-state index in [0.717, 1.165) is 11.4 Å². The van der Waals surface area contributed by atoms with E-state index in [0.29, 0.717) is 11.4 Å². The van der Waals surface area contributed by atoms with Gasteiger partial charge in [0, 0.05) is 11.4 Å². The van der Waals surface area contributed by atoms with Gasteiger partial charge in [-0.15, -0.1) is 0 Å². The third-order valence-corrected chi connectivity index (χ3v) is 3.08. The Morgan fingerprint density at radius 3 is 2.50 bits per heavy atom. The van der Waals surface area contributed by atoms with Crippen LogP contribution in [0.1, 0.15) is 37.6 Å². The zero-order valence-electron chi connectivity index (χ0n) is 12.4. The van der Waals surface area contributed by atoms with Gasteiger partial charge in [0.1, 0.15) is 5.82 Å². The van der Waals surface area contributed by atoms with Crippen molar-refractivity contribution in [3.8, 4) is 6.07 Å². The molecular formula is C17H19N3. The van der Waals surface area contributed by atoms with Crippen LogP contribution < -0.4 is 5.32 Å². The molecule has 1 aromatic carbocycles. The number of aryl methyl sites for hydroxylation is 1. The summed E-state index contributed by atoms with van der Waals surface area (Å²) in [6, 6.07) is 13.9. The van der Waals surface area contributed by atoms with Crippen LogP contribution in [0.25, 0.3) is 0 Å². The van der Waals surface area contributed by atoms with Gasteiger partial charge in [-0.1, -0.05) is 39.0 Å². The summed E-state index contributed by atoms with van der Waals surface area (Å²) in [4.78, 5) is 4.44. The van der Waals surface area contributed by atoms with Crippen LogP contribution >= 0.6 is 0 Å². The number of rotatable bonds is 2. The van der Waals surface area contributed by atoms with Crippen molar-refractivity contribution >= 4 is 11.5 Å². The maximum absolute atomic E-state index is 9.03. The summed E-state index contributed by atoms with van der Waals surface area (Å²) < 4.78 is 0. The van der Waals surface area contributed by atoms with Gasteiger partial charge >= 0.3 is 0 Å². The molecule has 0 atom stereocenters. The molecule has 2 rings (SSSR count). The van der Waals surface area contributed by atoms with Crippen LogP contribution in [0.4, 0.5) is 11.5 Å². The van der Waals surface area contributed by atoms with Gasteiger partial charge in [0.2, 0.25) is 0 Å².